The lowest BCUT2D eigenvalue weighted by molar-refractivity contribution is 0.704. The van der Waals surface area contributed by atoms with Crippen molar-refractivity contribution in [1.82, 2.24) is 10.6 Å². The summed E-state index contributed by atoms with van der Waals surface area (Å²) < 4.78 is 0. The zero-order valence-corrected chi connectivity index (χ0v) is 5.98. The van der Waals surface area contributed by atoms with Gasteiger partial charge in [0.25, 0.3) is 0 Å². The second-order valence-electron chi connectivity index (χ2n) is 2.06. The molecule has 4 nitrogen and oxygen atoms in total. The van der Waals surface area contributed by atoms with Gasteiger partial charge in [-0.25, -0.2) is 4.99 Å². The summed E-state index contributed by atoms with van der Waals surface area (Å²) in [5.74, 6) is 0. The van der Waals surface area contributed by atoms with E-state index in [1.165, 1.54) is 0 Å². The van der Waals surface area contributed by atoms with Crippen molar-refractivity contribution in [3.63, 3.8) is 0 Å². The van der Waals surface area contributed by atoms with Gasteiger partial charge in [0.05, 0.1) is 13.0 Å². The van der Waals surface area contributed by atoms with Crippen LogP contribution in [0, 0.1) is 0 Å². The van der Waals surface area contributed by atoms with E-state index < -0.39 is 0 Å². The first kappa shape index (κ1) is 5.94. The van der Waals surface area contributed by atoms with E-state index in [2.05, 4.69) is 20.6 Å². The lowest BCUT2D eigenvalue weighted by Gasteiger charge is -2.13. The van der Waals surface area contributed by atoms with Crippen LogP contribution in [0.1, 0.15) is 0 Å². The maximum Gasteiger partial charge on any atom is 0.148 e. The third kappa shape index (κ3) is 0.748. The van der Waals surface area contributed by atoms with E-state index in [1.807, 2.05) is 0 Å². The average molecular weight is 154 g/mol. The highest BCUT2D eigenvalue weighted by Crippen LogP contribution is 2.02. The van der Waals surface area contributed by atoms with Gasteiger partial charge >= 0.3 is 0 Å². The number of fused-ring (bicyclic) bond motifs is 1. The largest absolute Gasteiger partial charge is 0.336 e. The Bertz CT molecular complexity index is 232. The number of hydrogen-bond donors (Lipinski definition) is 2. The van der Waals surface area contributed by atoms with Crippen LogP contribution in [0.4, 0.5) is 0 Å². The molecule has 2 aliphatic heterocycles. The van der Waals surface area contributed by atoms with Gasteiger partial charge < -0.3 is 5.32 Å². The highest BCUT2D eigenvalue weighted by Gasteiger charge is 2.24. The fourth-order valence-electron chi connectivity index (χ4n) is 0.964. The van der Waals surface area contributed by atoms with Crippen molar-refractivity contribution in [3.8, 4) is 0 Å². The lowest BCUT2D eigenvalue weighted by atomic mass is 10.3. The minimum absolute atomic E-state index is 0.00810. The summed E-state index contributed by atoms with van der Waals surface area (Å²) in [5, 5.41) is 5.88. The molecule has 2 heterocycles. The maximum absolute atomic E-state index is 4.97. The number of hydrogen-bond acceptors (Lipinski definition) is 4. The molecule has 0 radical (unpaired) electrons. The number of nitrogens with zero attached hydrogens (tertiary/aromatic N) is 2. The molecule has 0 bridgehead atoms. The first-order chi connectivity index (χ1) is 4.88. The zero-order chi connectivity index (χ0) is 6.97. The Labute approximate surface area is 63.4 Å². The zero-order valence-electron chi connectivity index (χ0n) is 5.16. The Kier molecular flexibility index (Phi) is 1.25. The highest BCUT2D eigenvalue weighted by molar-refractivity contribution is 7.82. The summed E-state index contributed by atoms with van der Waals surface area (Å²) in [6.07, 6.45) is 1.61. The van der Waals surface area contributed by atoms with E-state index in [9.17, 15) is 0 Å². The number of aliphatic imine (C=N–C) groups is 2. The molecule has 0 saturated carbocycles. The summed E-state index contributed by atoms with van der Waals surface area (Å²) in [7, 11) is 0. The van der Waals surface area contributed by atoms with E-state index >= 15 is 0 Å². The second-order valence-corrected chi connectivity index (χ2v) is 2.47. The van der Waals surface area contributed by atoms with E-state index in [-0.39, 0.29) is 6.17 Å². The first-order valence-electron chi connectivity index (χ1n) is 2.98. The van der Waals surface area contributed by atoms with Gasteiger partial charge in [-0.15, -0.1) is 0 Å². The fourth-order valence-corrected chi connectivity index (χ4v) is 1.19. The third-order valence-electron chi connectivity index (χ3n) is 1.44. The molecule has 52 valence electrons. The number of nitrogens with one attached hydrogen (secondary N) is 2. The van der Waals surface area contributed by atoms with E-state index in [1.54, 1.807) is 6.34 Å². The summed E-state index contributed by atoms with van der Waals surface area (Å²) in [6, 6.07) is 0. The van der Waals surface area contributed by atoms with Gasteiger partial charge in [0.15, 0.2) is 0 Å². The van der Waals surface area contributed by atoms with E-state index in [0.717, 1.165) is 5.71 Å². The third-order valence-corrected chi connectivity index (χ3v) is 1.77. The minimum atomic E-state index is 0.00810. The van der Waals surface area contributed by atoms with E-state index in [0.29, 0.717) is 11.7 Å². The van der Waals surface area contributed by atoms with Crippen LogP contribution in [0.3, 0.4) is 0 Å². The van der Waals surface area contributed by atoms with Crippen molar-refractivity contribution in [2.75, 3.05) is 6.67 Å². The molecule has 10 heavy (non-hydrogen) atoms. The van der Waals surface area contributed by atoms with E-state index in [4.69, 9.17) is 12.2 Å². The van der Waals surface area contributed by atoms with Crippen LogP contribution in [-0.4, -0.2) is 29.9 Å². The van der Waals surface area contributed by atoms with Gasteiger partial charge in [-0.05, 0) is 0 Å². The fraction of sp³-hybridized carbons (Fsp3) is 0.400. The van der Waals surface area contributed by atoms with Crippen LogP contribution in [-0.2, 0) is 0 Å². The molecular weight excluding hydrogens is 148 g/mol. The number of rotatable bonds is 0. The molecule has 2 N–H and O–H groups in total. The van der Waals surface area contributed by atoms with Crippen LogP contribution < -0.4 is 10.6 Å². The van der Waals surface area contributed by atoms with Crippen LogP contribution in [0.5, 0.6) is 0 Å². The summed E-state index contributed by atoms with van der Waals surface area (Å²) in [5.41, 5.74) is 0.859. The Morgan fingerprint density at radius 2 is 2.60 bits per heavy atom. The molecule has 2 aliphatic rings. The molecule has 1 atom stereocenters. The molecule has 0 aromatic rings. The molecule has 0 aromatic carbocycles. The normalized spacial score (nSPS) is 29.4. The standard InChI is InChI=1S/C5H6N4S/c10-5-3-4(7-1-6-3)8-2-9-5/h2,4,7H,1H2,(H,8,9,10). The molecule has 0 fully saturated rings. The Hall–Kier alpha value is -0.810. The van der Waals surface area contributed by atoms with Crippen molar-refractivity contribution >= 4 is 29.3 Å². The van der Waals surface area contributed by atoms with Gasteiger partial charge in [0, 0.05) is 0 Å². The average Bonchev–Trinajstić information content (AvgIpc) is 2.36. The minimum Gasteiger partial charge on any atom is -0.336 e. The van der Waals surface area contributed by atoms with Crippen molar-refractivity contribution in [2.24, 2.45) is 9.98 Å². The SMILES string of the molecule is S=C1NC=NC2NCN=C12. The van der Waals surface area contributed by atoms with Gasteiger partial charge in [-0.2, -0.15) is 0 Å². The molecule has 1 unspecified atom stereocenters. The molecule has 0 amide bonds. The molecule has 0 spiro atoms. The smallest absolute Gasteiger partial charge is 0.148 e. The Morgan fingerprint density at radius 3 is 3.40 bits per heavy atom. The summed E-state index contributed by atoms with van der Waals surface area (Å²) >= 11 is 4.97. The summed E-state index contributed by atoms with van der Waals surface area (Å²) in [4.78, 5) is 8.89. The number of thiocarbonyl (C=S) groups is 1. The van der Waals surface area contributed by atoms with Crippen molar-refractivity contribution in [3.05, 3.63) is 0 Å². The van der Waals surface area contributed by atoms with Gasteiger partial charge in [-0.3, -0.25) is 10.3 Å². The molecular formula is C5H6N4S. The first-order valence-corrected chi connectivity index (χ1v) is 3.39. The van der Waals surface area contributed by atoms with Crippen molar-refractivity contribution < 1.29 is 0 Å². The topological polar surface area (TPSA) is 48.8 Å². The summed E-state index contributed by atoms with van der Waals surface area (Å²) in [6.45, 7) is 0.624. The second kappa shape index (κ2) is 2.10. The Morgan fingerprint density at radius 1 is 1.70 bits per heavy atom. The van der Waals surface area contributed by atoms with Crippen molar-refractivity contribution in [1.29, 1.82) is 0 Å². The van der Waals surface area contributed by atoms with Gasteiger partial charge in [-0.1, -0.05) is 12.2 Å². The van der Waals surface area contributed by atoms with Gasteiger partial charge in [0.2, 0.25) is 0 Å². The predicted molar refractivity (Wildman–Crippen MR) is 43.5 cm³/mol. The van der Waals surface area contributed by atoms with Crippen LogP contribution in [0.2, 0.25) is 0 Å². The van der Waals surface area contributed by atoms with Crippen LogP contribution >= 0.6 is 12.2 Å². The molecule has 0 aromatic heterocycles. The maximum atomic E-state index is 4.97. The molecule has 2 rings (SSSR count). The van der Waals surface area contributed by atoms with Gasteiger partial charge in [0.1, 0.15) is 16.9 Å². The Balaban J connectivity index is 2.35. The monoisotopic (exact) mass is 154 g/mol. The quantitative estimate of drug-likeness (QED) is 0.452. The highest BCUT2D eigenvalue weighted by atomic mass is 32.1. The van der Waals surface area contributed by atoms with Crippen molar-refractivity contribution in [2.45, 2.75) is 6.17 Å². The lowest BCUT2D eigenvalue weighted by Crippen LogP contribution is -2.42. The van der Waals surface area contributed by atoms with Crippen LogP contribution in [0.25, 0.3) is 0 Å². The predicted octanol–water partition coefficient (Wildman–Crippen LogP) is -0.727. The van der Waals surface area contributed by atoms with Crippen LogP contribution in [0.15, 0.2) is 9.98 Å². The molecule has 5 heteroatoms. The molecule has 0 saturated heterocycles. The molecule has 0 aliphatic carbocycles.